The lowest BCUT2D eigenvalue weighted by Gasteiger charge is -2.31. The van der Waals surface area contributed by atoms with E-state index >= 15 is 0 Å². The molecule has 0 aliphatic carbocycles. The zero-order chi connectivity index (χ0) is 49.0. The van der Waals surface area contributed by atoms with Gasteiger partial charge < -0.3 is 9.80 Å². The van der Waals surface area contributed by atoms with Gasteiger partial charge in [0, 0.05) is 53.3 Å². The maximum Gasteiger partial charge on any atom is 0.0640 e. The Morgan fingerprint density at radius 1 is 0.230 bits per heavy atom. The number of hydrogen-bond donors (Lipinski definition) is 0. The molecule has 14 aromatic rings. The predicted molar refractivity (Wildman–Crippen MR) is 321 cm³/mol. The Labute approximate surface area is 438 Å². The van der Waals surface area contributed by atoms with Gasteiger partial charge in [-0.2, -0.15) is 0 Å². The van der Waals surface area contributed by atoms with E-state index in [1.807, 2.05) is 22.7 Å². The molecule has 14 rings (SSSR count). The molecular formula is C70H46N2S2. The second kappa shape index (κ2) is 18.5. The van der Waals surface area contributed by atoms with Crippen LogP contribution in [0.4, 0.5) is 34.1 Å². The Hall–Kier alpha value is -9.06. The number of rotatable bonds is 10. The first-order chi connectivity index (χ1) is 36.7. The molecular weight excluding hydrogens is 933 g/mol. The minimum Gasteiger partial charge on any atom is -0.308 e. The zero-order valence-electron chi connectivity index (χ0n) is 40.3. The Morgan fingerprint density at radius 3 is 1.11 bits per heavy atom. The molecule has 348 valence electrons. The molecule has 12 aromatic carbocycles. The number of anilines is 6. The average molecular weight is 979 g/mol. The zero-order valence-corrected chi connectivity index (χ0v) is 41.9. The fourth-order valence-corrected chi connectivity index (χ4v) is 13.3. The van der Waals surface area contributed by atoms with Crippen LogP contribution >= 0.6 is 22.7 Å². The molecule has 2 nitrogen and oxygen atoms in total. The van der Waals surface area contributed by atoms with Gasteiger partial charge in [0.25, 0.3) is 0 Å². The van der Waals surface area contributed by atoms with Crippen molar-refractivity contribution in [3.63, 3.8) is 0 Å². The van der Waals surface area contributed by atoms with Crippen LogP contribution in [0.15, 0.2) is 279 Å². The third-order valence-electron chi connectivity index (χ3n) is 14.4. The van der Waals surface area contributed by atoms with E-state index in [-0.39, 0.29) is 0 Å². The lowest BCUT2D eigenvalue weighted by atomic mass is 9.93. The largest absolute Gasteiger partial charge is 0.308 e. The third kappa shape index (κ3) is 7.71. The summed E-state index contributed by atoms with van der Waals surface area (Å²) in [6.07, 6.45) is 0. The molecule has 4 heteroatoms. The van der Waals surface area contributed by atoms with Crippen molar-refractivity contribution in [3.05, 3.63) is 279 Å². The van der Waals surface area contributed by atoms with Crippen molar-refractivity contribution in [2.45, 2.75) is 0 Å². The fraction of sp³-hybridized carbons (Fsp3) is 0. The minimum atomic E-state index is 1.08. The Kier molecular flexibility index (Phi) is 10.9. The van der Waals surface area contributed by atoms with Gasteiger partial charge >= 0.3 is 0 Å². The van der Waals surface area contributed by atoms with Crippen LogP contribution in [-0.2, 0) is 0 Å². The predicted octanol–water partition coefficient (Wildman–Crippen LogP) is 21.2. The Bertz CT molecular complexity index is 4340. The number of fused-ring (bicyclic) bond motifs is 7. The summed E-state index contributed by atoms with van der Waals surface area (Å²) in [5, 5.41) is 7.35. The van der Waals surface area contributed by atoms with E-state index in [9.17, 15) is 0 Å². The molecule has 0 aliphatic heterocycles. The standard InChI is InChI=1S/C70H46N2S2/c1-5-19-47(20-6-1)50-35-39-55(40-36-50)71(63-31-17-29-59-57-27-13-15-33-67(57)73-69(59)63)65-45-53(49-23-9-3-10-24-49)43-54-44-61(52-25-11-4-12-26-52)66(46-62(54)65)72(56-41-37-51(38-42-56)48-21-7-2-8-22-48)64-32-18-30-60-58-28-14-16-34-68(58)74-70(60)64/h1-46H. The lowest BCUT2D eigenvalue weighted by molar-refractivity contribution is 1.30. The molecule has 2 heterocycles. The third-order valence-corrected chi connectivity index (χ3v) is 16.9. The van der Waals surface area contributed by atoms with Gasteiger partial charge in [0.2, 0.25) is 0 Å². The normalized spacial score (nSPS) is 11.5. The van der Waals surface area contributed by atoms with Crippen molar-refractivity contribution in [2.24, 2.45) is 0 Å². The Morgan fingerprint density at radius 2 is 0.622 bits per heavy atom. The molecule has 74 heavy (non-hydrogen) atoms. The van der Waals surface area contributed by atoms with Gasteiger partial charge in [0.15, 0.2) is 0 Å². The van der Waals surface area contributed by atoms with E-state index < -0.39 is 0 Å². The van der Waals surface area contributed by atoms with E-state index in [2.05, 4.69) is 289 Å². The van der Waals surface area contributed by atoms with Crippen LogP contribution in [0.5, 0.6) is 0 Å². The molecule has 0 radical (unpaired) electrons. The van der Waals surface area contributed by atoms with Crippen molar-refractivity contribution >= 4 is 108 Å². The molecule has 0 saturated heterocycles. The molecule has 0 unspecified atom stereocenters. The molecule has 0 atom stereocenters. The van der Waals surface area contributed by atoms with Crippen LogP contribution in [0.25, 0.3) is 95.6 Å². The minimum absolute atomic E-state index is 1.08. The van der Waals surface area contributed by atoms with Gasteiger partial charge in [0.1, 0.15) is 0 Å². The van der Waals surface area contributed by atoms with Crippen LogP contribution in [0.3, 0.4) is 0 Å². The van der Waals surface area contributed by atoms with Gasteiger partial charge in [-0.25, -0.2) is 0 Å². The molecule has 0 fully saturated rings. The summed E-state index contributed by atoms with van der Waals surface area (Å²) in [6.45, 7) is 0. The summed E-state index contributed by atoms with van der Waals surface area (Å²) in [5.74, 6) is 0. The molecule has 0 spiro atoms. The summed E-state index contributed by atoms with van der Waals surface area (Å²) in [6, 6.07) is 103. The average Bonchev–Trinajstić information content (AvgIpc) is 4.08. The van der Waals surface area contributed by atoms with Crippen LogP contribution in [0.1, 0.15) is 0 Å². The summed E-state index contributed by atoms with van der Waals surface area (Å²) >= 11 is 3.73. The van der Waals surface area contributed by atoms with Gasteiger partial charge in [-0.15, -0.1) is 22.7 Å². The molecule has 0 bridgehead atoms. The van der Waals surface area contributed by atoms with Gasteiger partial charge in [-0.05, 0) is 117 Å². The van der Waals surface area contributed by atoms with Crippen LogP contribution in [0, 0.1) is 0 Å². The van der Waals surface area contributed by atoms with Gasteiger partial charge in [0.05, 0.1) is 32.1 Å². The van der Waals surface area contributed by atoms with E-state index in [4.69, 9.17) is 0 Å². The smallest absolute Gasteiger partial charge is 0.0640 e. The van der Waals surface area contributed by atoms with Crippen LogP contribution < -0.4 is 9.80 Å². The van der Waals surface area contributed by atoms with Crippen molar-refractivity contribution in [1.29, 1.82) is 0 Å². The highest BCUT2D eigenvalue weighted by Crippen LogP contribution is 2.52. The first-order valence-electron chi connectivity index (χ1n) is 25.1. The fourth-order valence-electron chi connectivity index (χ4n) is 10.9. The molecule has 0 aliphatic rings. The molecule has 2 aromatic heterocycles. The highest BCUT2D eigenvalue weighted by molar-refractivity contribution is 7.26. The summed E-state index contributed by atoms with van der Waals surface area (Å²) in [5.41, 5.74) is 16.0. The number of thiophene rings is 2. The molecule has 0 amide bonds. The van der Waals surface area contributed by atoms with E-state index in [1.54, 1.807) is 0 Å². The highest BCUT2D eigenvalue weighted by atomic mass is 32.1. The maximum atomic E-state index is 2.53. The quantitative estimate of drug-likeness (QED) is 0.135. The summed E-state index contributed by atoms with van der Waals surface area (Å²) in [4.78, 5) is 5.05. The van der Waals surface area contributed by atoms with Crippen molar-refractivity contribution in [1.82, 2.24) is 0 Å². The Balaban J connectivity index is 1.09. The summed E-state index contributed by atoms with van der Waals surface area (Å²) in [7, 11) is 0. The van der Waals surface area contributed by atoms with Gasteiger partial charge in [-0.3, -0.25) is 0 Å². The highest BCUT2D eigenvalue weighted by Gasteiger charge is 2.26. The summed E-state index contributed by atoms with van der Waals surface area (Å²) < 4.78 is 5.04. The van der Waals surface area contributed by atoms with E-state index in [0.29, 0.717) is 0 Å². The number of nitrogens with zero attached hydrogens (tertiary/aromatic N) is 2. The van der Waals surface area contributed by atoms with E-state index in [0.717, 1.165) is 67.2 Å². The first kappa shape index (κ1) is 43.7. The monoisotopic (exact) mass is 978 g/mol. The second-order valence-corrected chi connectivity index (χ2v) is 20.9. The topological polar surface area (TPSA) is 6.48 Å². The SMILES string of the molecule is c1ccc(-c2ccc(N(c3cc4c(N(c5ccc(-c6ccccc6)cc5)c5cccc6c5sc5ccccc56)cc(-c5ccccc5)cc4cc3-c3ccccc3)c3cccc4c3sc3ccccc34)cc2)cc1. The second-order valence-electron chi connectivity index (χ2n) is 18.8. The molecule has 0 saturated carbocycles. The first-order valence-corrected chi connectivity index (χ1v) is 26.8. The van der Waals surface area contributed by atoms with Crippen LogP contribution in [-0.4, -0.2) is 0 Å². The number of benzene rings is 12. The van der Waals surface area contributed by atoms with Crippen molar-refractivity contribution in [2.75, 3.05) is 9.80 Å². The van der Waals surface area contributed by atoms with Gasteiger partial charge in [-0.1, -0.05) is 206 Å². The number of hydrogen-bond acceptors (Lipinski definition) is 4. The molecule has 0 N–H and O–H groups in total. The maximum absolute atomic E-state index is 2.53. The lowest BCUT2D eigenvalue weighted by Crippen LogP contribution is -2.13. The van der Waals surface area contributed by atoms with Crippen LogP contribution in [0.2, 0.25) is 0 Å². The van der Waals surface area contributed by atoms with E-state index in [1.165, 1.54) is 62.6 Å². The van der Waals surface area contributed by atoms with Crippen molar-refractivity contribution < 1.29 is 0 Å². The van der Waals surface area contributed by atoms with Crippen molar-refractivity contribution in [3.8, 4) is 44.5 Å².